The molecule has 0 amide bonds. The van der Waals surface area contributed by atoms with Crippen LogP contribution >= 0.6 is 0 Å². The van der Waals surface area contributed by atoms with Gasteiger partial charge in [-0.3, -0.25) is 0 Å². The highest BCUT2D eigenvalue weighted by Crippen LogP contribution is 2.09. The van der Waals surface area contributed by atoms with Gasteiger partial charge in [0.15, 0.2) is 0 Å². The second-order valence-corrected chi connectivity index (χ2v) is 4.83. The van der Waals surface area contributed by atoms with E-state index in [1.165, 1.54) is 31.4 Å². The number of hydrogen-bond donors (Lipinski definition) is 1. The Labute approximate surface area is 112 Å². The van der Waals surface area contributed by atoms with Crippen molar-refractivity contribution in [1.29, 1.82) is 0 Å². The third kappa shape index (κ3) is 5.65. The van der Waals surface area contributed by atoms with E-state index < -0.39 is 0 Å². The first-order chi connectivity index (χ1) is 8.84. The number of hydrogen-bond acceptors (Lipinski definition) is 2. The summed E-state index contributed by atoms with van der Waals surface area (Å²) in [4.78, 5) is 2.42. The summed E-state index contributed by atoms with van der Waals surface area (Å²) in [5.74, 6) is 0. The Balaban J connectivity index is 0.000000771. The predicted molar refractivity (Wildman–Crippen MR) is 79.8 cm³/mol. The van der Waals surface area contributed by atoms with Crippen molar-refractivity contribution in [2.24, 2.45) is 0 Å². The molecule has 1 atom stereocenters. The second kappa shape index (κ2) is 9.12. The van der Waals surface area contributed by atoms with E-state index in [1.54, 1.807) is 0 Å². The van der Waals surface area contributed by atoms with Crippen LogP contribution < -0.4 is 5.32 Å². The average molecular weight is 248 g/mol. The van der Waals surface area contributed by atoms with Crippen LogP contribution in [-0.2, 0) is 6.54 Å². The average Bonchev–Trinajstić information content (AvgIpc) is 2.43. The van der Waals surface area contributed by atoms with Crippen LogP contribution in [0.5, 0.6) is 0 Å². The Bertz CT molecular complexity index is 291. The van der Waals surface area contributed by atoms with Crippen molar-refractivity contribution in [3.8, 4) is 0 Å². The molecule has 2 nitrogen and oxygen atoms in total. The zero-order chi connectivity index (χ0) is 13.2. The topological polar surface area (TPSA) is 15.3 Å². The summed E-state index contributed by atoms with van der Waals surface area (Å²) in [5, 5.41) is 3.59. The monoisotopic (exact) mass is 248 g/mol. The quantitative estimate of drug-likeness (QED) is 0.879. The number of likely N-dealkylation sites (N-methyl/N-ethyl adjacent to an activating group) is 1. The molecule has 1 saturated heterocycles. The molecule has 0 aliphatic carbocycles. The van der Waals surface area contributed by atoms with Gasteiger partial charge in [0.2, 0.25) is 0 Å². The fourth-order valence-corrected chi connectivity index (χ4v) is 2.42. The highest BCUT2D eigenvalue weighted by Gasteiger charge is 2.14. The molecular weight excluding hydrogens is 220 g/mol. The normalized spacial score (nSPS) is 19.2. The van der Waals surface area contributed by atoms with Crippen LogP contribution in [0, 0.1) is 0 Å². The molecule has 1 aromatic rings. The van der Waals surface area contributed by atoms with E-state index in [1.807, 2.05) is 13.8 Å². The van der Waals surface area contributed by atoms with Crippen LogP contribution in [0.4, 0.5) is 0 Å². The van der Waals surface area contributed by atoms with Gasteiger partial charge in [0.25, 0.3) is 0 Å². The van der Waals surface area contributed by atoms with E-state index in [9.17, 15) is 0 Å². The number of rotatable bonds is 4. The first-order valence-electron chi connectivity index (χ1n) is 7.30. The van der Waals surface area contributed by atoms with Gasteiger partial charge < -0.3 is 10.2 Å². The molecule has 0 saturated carbocycles. The molecule has 0 bridgehead atoms. The van der Waals surface area contributed by atoms with Crippen molar-refractivity contribution in [3.05, 3.63) is 35.9 Å². The molecule has 0 aromatic heterocycles. The van der Waals surface area contributed by atoms with E-state index in [0.717, 1.165) is 13.1 Å². The Hall–Kier alpha value is -0.860. The van der Waals surface area contributed by atoms with Gasteiger partial charge in [-0.05, 0) is 32.0 Å². The first kappa shape index (κ1) is 15.2. The molecule has 2 heteroatoms. The fraction of sp³-hybridized carbons (Fsp3) is 0.625. The van der Waals surface area contributed by atoms with Crippen molar-refractivity contribution in [2.75, 3.05) is 20.1 Å². The van der Waals surface area contributed by atoms with E-state index in [0.29, 0.717) is 6.04 Å². The molecule has 0 spiro atoms. The van der Waals surface area contributed by atoms with Gasteiger partial charge in [-0.2, -0.15) is 0 Å². The van der Waals surface area contributed by atoms with E-state index in [2.05, 4.69) is 47.6 Å². The van der Waals surface area contributed by atoms with Crippen molar-refractivity contribution >= 4 is 0 Å². The lowest BCUT2D eigenvalue weighted by molar-refractivity contribution is 0.256. The van der Waals surface area contributed by atoms with Crippen molar-refractivity contribution in [3.63, 3.8) is 0 Å². The number of benzene rings is 1. The smallest absolute Gasteiger partial charge is 0.0231 e. The SMILES string of the molecule is CC.CN(Cc1ccccc1)CC1CCCCN1. The highest BCUT2D eigenvalue weighted by molar-refractivity contribution is 5.14. The third-order valence-corrected chi connectivity index (χ3v) is 3.24. The molecule has 1 heterocycles. The Kier molecular flexibility index (Phi) is 7.70. The number of nitrogens with one attached hydrogen (secondary N) is 1. The summed E-state index contributed by atoms with van der Waals surface area (Å²) < 4.78 is 0. The molecular formula is C16H28N2. The molecule has 2 rings (SSSR count). The van der Waals surface area contributed by atoms with Crippen LogP contribution in [0.25, 0.3) is 0 Å². The van der Waals surface area contributed by atoms with Gasteiger partial charge in [0.1, 0.15) is 0 Å². The second-order valence-electron chi connectivity index (χ2n) is 4.83. The fourth-order valence-electron chi connectivity index (χ4n) is 2.42. The number of piperidine rings is 1. The van der Waals surface area contributed by atoms with Crippen LogP contribution in [-0.4, -0.2) is 31.1 Å². The summed E-state index contributed by atoms with van der Waals surface area (Å²) in [6.45, 7) is 7.41. The lowest BCUT2D eigenvalue weighted by atomic mass is 10.0. The molecule has 1 unspecified atom stereocenters. The van der Waals surface area contributed by atoms with Gasteiger partial charge in [0, 0.05) is 19.1 Å². The minimum atomic E-state index is 0.697. The lowest BCUT2D eigenvalue weighted by Crippen LogP contribution is -2.42. The lowest BCUT2D eigenvalue weighted by Gasteiger charge is -2.28. The van der Waals surface area contributed by atoms with Gasteiger partial charge in [0.05, 0.1) is 0 Å². The summed E-state index contributed by atoms with van der Waals surface area (Å²) >= 11 is 0. The van der Waals surface area contributed by atoms with Crippen LogP contribution in [0.3, 0.4) is 0 Å². The van der Waals surface area contributed by atoms with E-state index in [-0.39, 0.29) is 0 Å². The van der Waals surface area contributed by atoms with Gasteiger partial charge in [-0.15, -0.1) is 0 Å². The van der Waals surface area contributed by atoms with Crippen molar-refractivity contribution in [1.82, 2.24) is 10.2 Å². The summed E-state index contributed by atoms with van der Waals surface area (Å²) in [6.07, 6.45) is 4.06. The summed E-state index contributed by atoms with van der Waals surface area (Å²) in [6, 6.07) is 11.4. The minimum absolute atomic E-state index is 0.697. The van der Waals surface area contributed by atoms with Gasteiger partial charge >= 0.3 is 0 Å². The molecule has 1 aromatic carbocycles. The Morgan fingerprint density at radius 2 is 1.89 bits per heavy atom. The van der Waals surface area contributed by atoms with E-state index >= 15 is 0 Å². The molecule has 102 valence electrons. The van der Waals surface area contributed by atoms with Crippen LogP contribution in [0.2, 0.25) is 0 Å². The molecule has 0 radical (unpaired) electrons. The summed E-state index contributed by atoms with van der Waals surface area (Å²) in [5.41, 5.74) is 1.40. The standard InChI is InChI=1S/C14H22N2.C2H6/c1-16(11-13-7-3-2-4-8-13)12-14-9-5-6-10-15-14;1-2/h2-4,7-8,14-15H,5-6,9-12H2,1H3;1-2H3. The zero-order valence-electron chi connectivity index (χ0n) is 12.2. The zero-order valence-corrected chi connectivity index (χ0v) is 12.2. The predicted octanol–water partition coefficient (Wildman–Crippen LogP) is 3.29. The minimum Gasteiger partial charge on any atom is -0.313 e. The van der Waals surface area contributed by atoms with Crippen molar-refractivity contribution in [2.45, 2.75) is 45.7 Å². The molecule has 1 N–H and O–H groups in total. The Morgan fingerprint density at radius 1 is 1.17 bits per heavy atom. The Morgan fingerprint density at radius 3 is 2.50 bits per heavy atom. The first-order valence-corrected chi connectivity index (χ1v) is 7.30. The van der Waals surface area contributed by atoms with E-state index in [4.69, 9.17) is 0 Å². The molecule has 1 aliphatic rings. The maximum Gasteiger partial charge on any atom is 0.0231 e. The number of nitrogens with zero attached hydrogens (tertiary/aromatic N) is 1. The largest absolute Gasteiger partial charge is 0.313 e. The highest BCUT2D eigenvalue weighted by atomic mass is 15.1. The molecule has 18 heavy (non-hydrogen) atoms. The van der Waals surface area contributed by atoms with Crippen LogP contribution in [0.1, 0.15) is 38.7 Å². The maximum absolute atomic E-state index is 3.59. The van der Waals surface area contributed by atoms with Gasteiger partial charge in [-0.25, -0.2) is 0 Å². The molecule has 1 aliphatic heterocycles. The molecule has 1 fully saturated rings. The third-order valence-electron chi connectivity index (χ3n) is 3.24. The van der Waals surface area contributed by atoms with Gasteiger partial charge in [-0.1, -0.05) is 50.6 Å². The van der Waals surface area contributed by atoms with Crippen LogP contribution in [0.15, 0.2) is 30.3 Å². The van der Waals surface area contributed by atoms with Crippen molar-refractivity contribution < 1.29 is 0 Å². The summed E-state index contributed by atoms with van der Waals surface area (Å²) in [7, 11) is 2.21. The maximum atomic E-state index is 3.59.